The molecule has 0 aromatic heterocycles. The van der Waals surface area contributed by atoms with E-state index in [1.54, 1.807) is 58.5 Å². The first kappa shape index (κ1) is 98.6. The Hall–Kier alpha value is -7.42. The number of rotatable bonds is 47. The van der Waals surface area contributed by atoms with Crippen molar-refractivity contribution in [3.63, 3.8) is 0 Å². The number of carbonyl (C=O) groups excluding carboxylic acids is 13. The zero-order chi connectivity index (χ0) is 81.6. The fourth-order valence-corrected chi connectivity index (χ4v) is 12.7. The number of aromatic hydroxyl groups is 1. The van der Waals surface area contributed by atoms with Crippen molar-refractivity contribution in [3.05, 3.63) is 29.8 Å². The van der Waals surface area contributed by atoms with Crippen molar-refractivity contribution >= 4 is 99.8 Å². The molecule has 602 valence electrons. The first-order valence-corrected chi connectivity index (χ1v) is 39.0. The van der Waals surface area contributed by atoms with Crippen molar-refractivity contribution in [2.24, 2.45) is 59.2 Å². The third kappa shape index (κ3) is 42.2. The van der Waals surface area contributed by atoms with E-state index in [1.807, 2.05) is 75.5 Å². The van der Waals surface area contributed by atoms with Crippen LogP contribution in [0.5, 0.6) is 5.75 Å². The van der Waals surface area contributed by atoms with E-state index < -0.39 is 120 Å². The lowest BCUT2D eigenvalue weighted by Gasteiger charge is -2.31. The molecule has 1 saturated heterocycles. The molecule has 2 rings (SSSR count). The predicted octanol–water partition coefficient (Wildman–Crippen LogP) is 9.94. The molecule has 1 aromatic rings. The zero-order valence-electron chi connectivity index (χ0n) is 66.9. The van der Waals surface area contributed by atoms with E-state index in [-0.39, 0.29) is 139 Å². The van der Waals surface area contributed by atoms with E-state index in [9.17, 15) is 82.1 Å². The number of ketones is 7. The lowest BCUT2D eigenvalue weighted by molar-refractivity contribution is -0.144. The summed E-state index contributed by atoms with van der Waals surface area (Å²) >= 11 is 1.73. The van der Waals surface area contributed by atoms with E-state index in [4.69, 9.17) is 14.9 Å². The van der Waals surface area contributed by atoms with Gasteiger partial charge in [0.25, 0.3) is 0 Å². The average molecular weight is 1520 g/mol. The number of amides is 6. The maximum absolute atomic E-state index is 13.6. The standard InChI is InChI=1S/C33H50N2O8.C27H45N3O8.C19H35NO4S/c1-19(2)14-25(18-28(38)27(15-20(3)4)34-30(40)12-13-31(41)42)33(43)35-32(21(5)6)29(39)17-24(22(7)36)16-23-8-10-26(37)11-9-23;1-15(2)12-19(17(5)31)14-22(33)20(13-16(3)4)28-26(37)21-8-7-11-30(21)27(38)25(18(6)32)29-23(34)9-10-24(35)36;1-13(2)11-16(20-18(23)24-19(4,5)6)17(22)12-15(14(3)21)9-8-10-25-7/h8-11,19-21,24-25,27,32,37H,12-18H2,1-7H3,(H,34,40)(H,35,43)(H,41,42);15-16,18-21,25,32H,7-14H2,1-6H3,(H,28,37)(H,29,34)(H,35,36);13,15-16H,8-12H2,1-7H3,(H,20,23)/t24-,25-,27+,32+;18-,19-,20+,21+,25+;15-,16+/m111/s1. The number of aliphatic hydroxyl groups is 1. The van der Waals surface area contributed by atoms with Gasteiger partial charge in [0.2, 0.25) is 29.5 Å². The molecule has 1 aliphatic rings. The Morgan fingerprint density at radius 3 is 1.38 bits per heavy atom. The number of carboxylic acids is 2. The summed E-state index contributed by atoms with van der Waals surface area (Å²) in [5.74, 6) is -6.72. The number of hydrogen-bond acceptors (Lipinski definition) is 19. The highest BCUT2D eigenvalue weighted by Gasteiger charge is 2.41. The number of likely N-dealkylation sites (tertiary alicyclic amines) is 1. The summed E-state index contributed by atoms with van der Waals surface area (Å²) in [6, 6.07) is 1.08. The molecular weight excluding hydrogens is 1380 g/mol. The molecule has 0 radical (unpaired) electrons. The number of aliphatic carboxylic acids is 2. The summed E-state index contributed by atoms with van der Waals surface area (Å²) in [6.07, 6.45) is 3.82. The Labute approximate surface area is 633 Å². The molecule has 0 saturated carbocycles. The maximum Gasteiger partial charge on any atom is 0.408 e. The molecule has 1 fully saturated rings. The van der Waals surface area contributed by atoms with Crippen molar-refractivity contribution in [1.82, 2.24) is 31.5 Å². The highest BCUT2D eigenvalue weighted by Crippen LogP contribution is 2.27. The van der Waals surface area contributed by atoms with Crippen molar-refractivity contribution in [2.75, 3.05) is 18.6 Å². The fraction of sp³-hybridized carbons (Fsp3) is 0.734. The van der Waals surface area contributed by atoms with Crippen molar-refractivity contribution in [3.8, 4) is 5.75 Å². The Kier molecular flexibility index (Phi) is 46.7. The monoisotopic (exact) mass is 1510 g/mol. The summed E-state index contributed by atoms with van der Waals surface area (Å²) in [4.78, 5) is 189. The van der Waals surface area contributed by atoms with Crippen LogP contribution in [-0.2, 0) is 78.3 Å². The number of Topliss-reactive ketones (excluding diaryl/α,β-unsaturated/α-hetero) is 7. The van der Waals surface area contributed by atoms with Gasteiger partial charge in [0.1, 0.15) is 40.8 Å². The molecule has 0 bridgehead atoms. The summed E-state index contributed by atoms with van der Waals surface area (Å²) < 4.78 is 5.26. The first-order chi connectivity index (χ1) is 49.1. The summed E-state index contributed by atoms with van der Waals surface area (Å²) in [6.45, 7) is 34.4. The second-order valence-corrected chi connectivity index (χ2v) is 32.8. The van der Waals surface area contributed by atoms with Gasteiger partial charge in [0.05, 0.1) is 43.1 Å². The van der Waals surface area contributed by atoms with Crippen LogP contribution in [0.15, 0.2) is 24.3 Å². The van der Waals surface area contributed by atoms with Gasteiger partial charge in [0, 0.05) is 68.7 Å². The van der Waals surface area contributed by atoms with Crippen molar-refractivity contribution in [2.45, 2.75) is 295 Å². The third-order valence-corrected chi connectivity index (χ3v) is 18.4. The summed E-state index contributed by atoms with van der Waals surface area (Å²) in [7, 11) is 0. The number of aliphatic hydroxyl groups excluding tert-OH is 1. The lowest BCUT2D eigenvalue weighted by Crippen LogP contribution is -2.58. The molecule has 1 aliphatic heterocycles. The number of phenolic OH excluding ortho intramolecular Hbond substituents is 1. The number of hydrogen-bond donors (Lipinski definition) is 9. The highest BCUT2D eigenvalue weighted by atomic mass is 32.2. The van der Waals surface area contributed by atoms with E-state index in [2.05, 4.69) is 26.6 Å². The molecule has 0 aliphatic carbocycles. The molecule has 106 heavy (non-hydrogen) atoms. The van der Waals surface area contributed by atoms with E-state index in [1.165, 1.54) is 44.7 Å². The quantitative estimate of drug-likeness (QED) is 0.0274. The largest absolute Gasteiger partial charge is 0.508 e. The zero-order valence-corrected chi connectivity index (χ0v) is 67.8. The lowest BCUT2D eigenvalue weighted by atomic mass is 9.85. The van der Waals surface area contributed by atoms with Crippen LogP contribution in [0.2, 0.25) is 0 Å². The molecule has 1 heterocycles. The van der Waals surface area contributed by atoms with Crippen LogP contribution in [-0.4, -0.2) is 180 Å². The molecular formula is C79H130N6O20S. The van der Waals surface area contributed by atoms with Gasteiger partial charge in [-0.2, -0.15) is 11.8 Å². The Morgan fingerprint density at radius 2 is 0.953 bits per heavy atom. The third-order valence-electron chi connectivity index (χ3n) is 17.7. The number of alkyl carbamates (subject to hydrolysis) is 1. The minimum atomic E-state index is -1.34. The van der Waals surface area contributed by atoms with Crippen LogP contribution in [0, 0.1) is 59.2 Å². The SMILES string of the molecule is CC(=O)[C@@H](CC(=O)[C@@H](NC(=O)[C@@H](CC(=O)[C@H](CC(C)C)NC(=O)CCC(=O)O)CC(C)C)C(C)C)Cc1ccc(O)cc1.CC(=O)[C@@H](CC(=O)[C@H](CC(C)C)NC(=O)[C@@H]1CCCN1C(=O)[C@@H](NC(=O)CCC(=O)O)[C@@H](C)O)CC(C)C.CSCCC[C@H](CC(=O)[C@H](CC(C)C)NC(=O)OC(C)(C)C)C(C)=O. The molecule has 9 N–H and O–H groups in total. The van der Waals surface area contributed by atoms with Gasteiger partial charge >= 0.3 is 18.0 Å². The Morgan fingerprint density at radius 1 is 0.528 bits per heavy atom. The van der Waals surface area contributed by atoms with Crippen LogP contribution in [0.4, 0.5) is 4.79 Å². The minimum Gasteiger partial charge on any atom is -0.508 e. The molecule has 6 amide bonds. The molecule has 27 heteroatoms. The van der Waals surface area contributed by atoms with Crippen LogP contribution in [0.1, 0.15) is 246 Å². The van der Waals surface area contributed by atoms with Gasteiger partial charge in [0.15, 0.2) is 23.1 Å². The molecule has 1 aromatic carbocycles. The average Bonchev–Trinajstić information content (AvgIpc) is 1.61. The normalized spacial score (nSPS) is 15.7. The van der Waals surface area contributed by atoms with Crippen LogP contribution < -0.4 is 26.6 Å². The fourth-order valence-electron chi connectivity index (χ4n) is 12.2. The second kappa shape index (κ2) is 50.3. The van der Waals surface area contributed by atoms with Gasteiger partial charge in [-0.25, -0.2) is 4.79 Å². The van der Waals surface area contributed by atoms with Gasteiger partial charge in [-0.05, 0) is 178 Å². The van der Waals surface area contributed by atoms with E-state index in [0.29, 0.717) is 57.8 Å². The molecule has 11 atom stereocenters. The molecule has 26 nitrogen and oxygen atoms in total. The second-order valence-electron chi connectivity index (χ2n) is 31.8. The number of nitrogens with zero attached hydrogens (tertiary/aromatic N) is 1. The van der Waals surface area contributed by atoms with Gasteiger partial charge in [-0.15, -0.1) is 0 Å². The summed E-state index contributed by atoms with van der Waals surface area (Å²) in [5, 5.41) is 50.7. The van der Waals surface area contributed by atoms with Crippen LogP contribution in [0.25, 0.3) is 0 Å². The van der Waals surface area contributed by atoms with E-state index in [0.717, 1.165) is 17.7 Å². The number of benzene rings is 1. The Balaban J connectivity index is 0.00000161. The number of nitrogens with one attached hydrogen (secondary N) is 5. The first-order valence-electron chi connectivity index (χ1n) is 37.6. The topological polar surface area (TPSA) is 410 Å². The van der Waals surface area contributed by atoms with Crippen LogP contribution >= 0.6 is 11.8 Å². The smallest absolute Gasteiger partial charge is 0.408 e. The van der Waals surface area contributed by atoms with Gasteiger partial charge in [-0.3, -0.25) is 67.1 Å². The number of phenols is 1. The predicted molar refractivity (Wildman–Crippen MR) is 407 cm³/mol. The molecule has 0 spiro atoms. The Bertz CT molecular complexity index is 3030. The number of thioether (sulfide) groups is 1. The van der Waals surface area contributed by atoms with Crippen molar-refractivity contribution in [1.29, 1.82) is 0 Å². The number of carbonyl (C=O) groups is 15. The summed E-state index contributed by atoms with van der Waals surface area (Å²) in [5.41, 5.74) is 0.187. The maximum atomic E-state index is 13.6. The number of carboxylic acid groups (broad SMARTS) is 2. The van der Waals surface area contributed by atoms with Crippen molar-refractivity contribution < 1.29 is 97.1 Å². The van der Waals surface area contributed by atoms with Crippen LogP contribution in [0.3, 0.4) is 0 Å². The number of ether oxygens (including phenoxy) is 1. The van der Waals surface area contributed by atoms with Gasteiger partial charge < -0.3 is 56.6 Å². The highest BCUT2D eigenvalue weighted by molar-refractivity contribution is 7.98. The van der Waals surface area contributed by atoms with E-state index >= 15 is 0 Å². The molecule has 0 unspecified atom stereocenters. The van der Waals surface area contributed by atoms with Gasteiger partial charge in [-0.1, -0.05) is 95.2 Å². The minimum absolute atomic E-state index is 0.0327.